The average molecular weight is 366 g/mol. The van der Waals surface area contributed by atoms with Crippen molar-refractivity contribution in [1.82, 2.24) is 5.32 Å². The number of halogens is 3. The summed E-state index contributed by atoms with van der Waals surface area (Å²) >= 11 is 0. The topological polar surface area (TPSA) is 61.4 Å². The van der Waals surface area contributed by atoms with Crippen LogP contribution in [0, 0.1) is 0 Å². The number of carbonyl (C=O) groups excluding carboxylic acids is 1. The van der Waals surface area contributed by atoms with E-state index >= 15 is 0 Å². The maximum absolute atomic E-state index is 12.7. The van der Waals surface area contributed by atoms with Crippen molar-refractivity contribution in [1.29, 1.82) is 0 Å². The normalized spacial score (nSPS) is 13.9. The van der Waals surface area contributed by atoms with Gasteiger partial charge in [0, 0.05) is 18.3 Å². The second kappa shape index (κ2) is 8.82. The molecule has 0 aliphatic carbocycles. The number of aliphatic hydroxyl groups is 1. The minimum absolute atomic E-state index is 0.0142. The Kier molecular flexibility index (Phi) is 6.76. The predicted octanol–water partition coefficient (Wildman–Crippen LogP) is 3.53. The second-order valence-corrected chi connectivity index (χ2v) is 6.11. The molecule has 1 amide bonds. The highest BCUT2D eigenvalue weighted by Gasteiger charge is 2.30. The fraction of sp³-hybridized carbons (Fsp3) is 0.316. The van der Waals surface area contributed by atoms with Gasteiger partial charge in [-0.25, -0.2) is 0 Å². The number of benzene rings is 2. The van der Waals surface area contributed by atoms with Gasteiger partial charge in [0.25, 0.3) is 0 Å². The summed E-state index contributed by atoms with van der Waals surface area (Å²) in [6.45, 7) is 2.07. The van der Waals surface area contributed by atoms with Crippen LogP contribution in [0.1, 0.15) is 29.7 Å². The van der Waals surface area contributed by atoms with Crippen LogP contribution in [0.15, 0.2) is 48.5 Å². The van der Waals surface area contributed by atoms with E-state index in [-0.39, 0.29) is 18.2 Å². The summed E-state index contributed by atoms with van der Waals surface area (Å²) in [5.74, 6) is 0. The van der Waals surface area contributed by atoms with Gasteiger partial charge in [-0.1, -0.05) is 24.3 Å². The van der Waals surface area contributed by atoms with Crippen LogP contribution in [0.3, 0.4) is 0 Å². The van der Waals surface area contributed by atoms with E-state index in [1.54, 1.807) is 12.1 Å². The van der Waals surface area contributed by atoms with Gasteiger partial charge in [-0.05, 0) is 48.7 Å². The molecule has 4 nitrogen and oxygen atoms in total. The highest BCUT2D eigenvalue weighted by Crippen LogP contribution is 2.30. The minimum Gasteiger partial charge on any atom is -0.387 e. The Bertz CT molecular complexity index is 717. The summed E-state index contributed by atoms with van der Waals surface area (Å²) < 4.78 is 38.2. The third kappa shape index (κ3) is 5.86. The van der Waals surface area contributed by atoms with Crippen molar-refractivity contribution in [2.24, 2.45) is 0 Å². The van der Waals surface area contributed by atoms with E-state index in [2.05, 4.69) is 10.6 Å². The summed E-state index contributed by atoms with van der Waals surface area (Å²) in [4.78, 5) is 10.4. The van der Waals surface area contributed by atoms with Gasteiger partial charge in [-0.15, -0.1) is 0 Å². The molecule has 2 aromatic rings. The van der Waals surface area contributed by atoms with E-state index in [0.29, 0.717) is 18.5 Å². The van der Waals surface area contributed by atoms with Crippen LogP contribution in [0.2, 0.25) is 0 Å². The molecule has 2 atom stereocenters. The van der Waals surface area contributed by atoms with Crippen LogP contribution in [-0.4, -0.2) is 24.1 Å². The molecule has 0 aromatic heterocycles. The minimum atomic E-state index is -4.43. The molecule has 0 spiro atoms. The Hall–Kier alpha value is -2.38. The summed E-state index contributed by atoms with van der Waals surface area (Å²) in [5, 5.41) is 15.8. The highest BCUT2D eigenvalue weighted by molar-refractivity contribution is 5.71. The van der Waals surface area contributed by atoms with E-state index in [9.17, 15) is 23.1 Å². The number of amides is 1. The monoisotopic (exact) mass is 366 g/mol. The van der Waals surface area contributed by atoms with Gasteiger partial charge >= 0.3 is 6.18 Å². The first-order valence-corrected chi connectivity index (χ1v) is 8.17. The van der Waals surface area contributed by atoms with Crippen LogP contribution in [0.4, 0.5) is 18.9 Å². The zero-order chi connectivity index (χ0) is 19.2. The quantitative estimate of drug-likeness (QED) is 0.627. The van der Waals surface area contributed by atoms with Crippen LogP contribution >= 0.6 is 0 Å². The van der Waals surface area contributed by atoms with Crippen molar-refractivity contribution in [3.8, 4) is 0 Å². The molecule has 0 bridgehead atoms. The maximum Gasteiger partial charge on any atom is 0.416 e. The lowest BCUT2D eigenvalue weighted by Gasteiger charge is -2.18. The Morgan fingerprint density at radius 2 is 1.85 bits per heavy atom. The van der Waals surface area contributed by atoms with Crippen molar-refractivity contribution >= 4 is 12.1 Å². The van der Waals surface area contributed by atoms with Gasteiger partial charge in [0.1, 0.15) is 0 Å². The molecule has 140 valence electrons. The van der Waals surface area contributed by atoms with E-state index in [0.717, 1.165) is 17.7 Å². The number of hydrogen-bond donors (Lipinski definition) is 3. The van der Waals surface area contributed by atoms with Gasteiger partial charge in [0.2, 0.25) is 6.41 Å². The number of hydrogen-bond acceptors (Lipinski definition) is 3. The molecule has 2 unspecified atom stereocenters. The van der Waals surface area contributed by atoms with Gasteiger partial charge < -0.3 is 15.7 Å². The number of anilines is 1. The molecule has 0 fully saturated rings. The fourth-order valence-electron chi connectivity index (χ4n) is 2.58. The number of rotatable bonds is 8. The molecule has 0 saturated carbocycles. The van der Waals surface area contributed by atoms with E-state index in [1.807, 2.05) is 19.1 Å². The Morgan fingerprint density at radius 3 is 2.46 bits per heavy atom. The number of aliphatic hydroxyl groups excluding tert-OH is 1. The molecule has 0 saturated heterocycles. The Labute approximate surface area is 150 Å². The largest absolute Gasteiger partial charge is 0.416 e. The lowest BCUT2D eigenvalue weighted by Crippen LogP contribution is -2.32. The molecule has 0 heterocycles. The first-order chi connectivity index (χ1) is 12.3. The molecule has 0 aliphatic rings. The summed E-state index contributed by atoms with van der Waals surface area (Å²) in [7, 11) is 0. The first kappa shape index (κ1) is 19.9. The third-order valence-corrected chi connectivity index (χ3v) is 3.98. The molecule has 26 heavy (non-hydrogen) atoms. The van der Waals surface area contributed by atoms with Crippen LogP contribution in [0.25, 0.3) is 0 Å². The number of nitrogens with one attached hydrogen (secondary N) is 2. The third-order valence-electron chi connectivity index (χ3n) is 3.98. The molecule has 0 aliphatic heterocycles. The molecule has 0 radical (unpaired) electrons. The summed E-state index contributed by atoms with van der Waals surface area (Å²) in [5.41, 5.74) is 1.19. The Morgan fingerprint density at radius 1 is 1.15 bits per heavy atom. The number of alkyl halides is 3. The lowest BCUT2D eigenvalue weighted by molar-refractivity contribution is -0.137. The molecular formula is C19H21F3N2O2. The van der Waals surface area contributed by atoms with Gasteiger partial charge in [-0.2, -0.15) is 13.2 Å². The zero-order valence-corrected chi connectivity index (χ0v) is 14.3. The van der Waals surface area contributed by atoms with Crippen molar-refractivity contribution < 1.29 is 23.1 Å². The highest BCUT2D eigenvalue weighted by atomic mass is 19.4. The lowest BCUT2D eigenvalue weighted by atomic mass is 10.0. The van der Waals surface area contributed by atoms with E-state index in [1.165, 1.54) is 12.1 Å². The molecular weight excluding hydrogens is 345 g/mol. The van der Waals surface area contributed by atoms with Crippen LogP contribution in [0.5, 0.6) is 0 Å². The van der Waals surface area contributed by atoms with Gasteiger partial charge in [-0.3, -0.25) is 4.79 Å². The summed E-state index contributed by atoms with van der Waals surface area (Å²) in [6, 6.07) is 12.1. The zero-order valence-electron chi connectivity index (χ0n) is 14.3. The Balaban J connectivity index is 1.88. The first-order valence-electron chi connectivity index (χ1n) is 8.17. The van der Waals surface area contributed by atoms with Crippen LogP contribution in [-0.2, 0) is 17.4 Å². The van der Waals surface area contributed by atoms with Crippen molar-refractivity contribution in [2.45, 2.75) is 31.7 Å². The molecule has 2 aromatic carbocycles. The van der Waals surface area contributed by atoms with Crippen LogP contribution < -0.4 is 10.6 Å². The standard InChI is InChI=1S/C19H21F3N2O2/c1-13(9-14-5-7-17(8-6-14)24-12-25)23-11-18(26)15-3-2-4-16(10-15)19(20,21)22/h2-8,10,12-13,18,23,26H,9,11H2,1H3,(H,24,25). The van der Waals surface area contributed by atoms with E-state index in [4.69, 9.17) is 0 Å². The van der Waals surface area contributed by atoms with E-state index < -0.39 is 17.8 Å². The SMILES string of the molecule is CC(Cc1ccc(NC=O)cc1)NCC(O)c1cccc(C(F)(F)F)c1. The van der Waals surface area contributed by atoms with Gasteiger partial charge in [0.15, 0.2) is 0 Å². The second-order valence-electron chi connectivity index (χ2n) is 6.11. The smallest absolute Gasteiger partial charge is 0.387 e. The predicted molar refractivity (Wildman–Crippen MR) is 93.7 cm³/mol. The molecule has 7 heteroatoms. The van der Waals surface area contributed by atoms with Crippen molar-refractivity contribution in [3.63, 3.8) is 0 Å². The number of carbonyl (C=O) groups is 1. The maximum atomic E-state index is 12.7. The average Bonchev–Trinajstić information content (AvgIpc) is 2.61. The molecule has 3 N–H and O–H groups in total. The van der Waals surface area contributed by atoms with Crippen molar-refractivity contribution in [3.05, 3.63) is 65.2 Å². The summed E-state index contributed by atoms with van der Waals surface area (Å²) in [6.07, 6.45) is -4.18. The van der Waals surface area contributed by atoms with Crippen molar-refractivity contribution in [2.75, 3.05) is 11.9 Å². The fourth-order valence-corrected chi connectivity index (χ4v) is 2.58. The molecule has 2 rings (SSSR count). The van der Waals surface area contributed by atoms with Gasteiger partial charge in [0.05, 0.1) is 11.7 Å².